The predicted molar refractivity (Wildman–Crippen MR) is 77.5 cm³/mol. The van der Waals surface area contributed by atoms with Crippen molar-refractivity contribution >= 4 is 16.9 Å². The van der Waals surface area contributed by atoms with Crippen LogP contribution < -0.4 is 5.32 Å². The van der Waals surface area contributed by atoms with Crippen LogP contribution >= 0.6 is 0 Å². The average molecular weight is 259 g/mol. The van der Waals surface area contributed by atoms with Crippen molar-refractivity contribution < 1.29 is 9.21 Å². The predicted octanol–water partition coefficient (Wildman–Crippen LogP) is 3.83. The fraction of sp³-hybridized carbons (Fsp3) is 0.438. The Bertz CT molecular complexity index is 598. The number of aryl methyl sites for hydroxylation is 2. The zero-order chi connectivity index (χ0) is 14.0. The minimum Gasteiger partial charge on any atom is -0.451 e. The largest absolute Gasteiger partial charge is 0.451 e. The molecule has 0 saturated carbocycles. The van der Waals surface area contributed by atoms with Gasteiger partial charge < -0.3 is 9.73 Å². The van der Waals surface area contributed by atoms with E-state index in [9.17, 15) is 4.79 Å². The Kier molecular flexibility index (Phi) is 3.93. The first kappa shape index (κ1) is 13.7. The van der Waals surface area contributed by atoms with E-state index in [1.54, 1.807) is 0 Å². The van der Waals surface area contributed by atoms with Crippen molar-refractivity contribution in [3.8, 4) is 0 Å². The van der Waals surface area contributed by atoms with Gasteiger partial charge in [-0.3, -0.25) is 4.79 Å². The summed E-state index contributed by atoms with van der Waals surface area (Å²) in [4.78, 5) is 12.2. The number of hydrogen-bond acceptors (Lipinski definition) is 2. The van der Waals surface area contributed by atoms with Gasteiger partial charge in [0.05, 0.1) is 0 Å². The lowest BCUT2D eigenvalue weighted by Gasteiger charge is -2.09. The first-order chi connectivity index (χ1) is 9.06. The maximum Gasteiger partial charge on any atom is 0.287 e. The molecule has 0 bridgehead atoms. The number of rotatable bonds is 4. The molecule has 102 valence electrons. The van der Waals surface area contributed by atoms with E-state index >= 15 is 0 Å². The van der Waals surface area contributed by atoms with Crippen LogP contribution in [0.5, 0.6) is 0 Å². The lowest BCUT2D eigenvalue weighted by molar-refractivity contribution is 0.0912. The summed E-state index contributed by atoms with van der Waals surface area (Å²) >= 11 is 0. The molecule has 1 heterocycles. The molecule has 0 saturated heterocycles. The number of furan rings is 1. The van der Waals surface area contributed by atoms with Crippen molar-refractivity contribution in [2.75, 3.05) is 0 Å². The molecule has 0 spiro atoms. The van der Waals surface area contributed by atoms with Crippen LogP contribution in [-0.4, -0.2) is 11.9 Å². The summed E-state index contributed by atoms with van der Waals surface area (Å²) in [7, 11) is 0. The van der Waals surface area contributed by atoms with Crippen LogP contribution in [0, 0.1) is 6.92 Å². The van der Waals surface area contributed by atoms with E-state index in [4.69, 9.17) is 4.42 Å². The zero-order valence-corrected chi connectivity index (χ0v) is 12.0. The summed E-state index contributed by atoms with van der Waals surface area (Å²) in [5, 5.41) is 3.98. The van der Waals surface area contributed by atoms with Crippen LogP contribution in [0.1, 0.15) is 48.9 Å². The van der Waals surface area contributed by atoms with E-state index in [2.05, 4.69) is 18.3 Å². The van der Waals surface area contributed by atoms with Crippen LogP contribution in [-0.2, 0) is 6.42 Å². The van der Waals surface area contributed by atoms with Gasteiger partial charge in [0.25, 0.3) is 5.91 Å². The SMILES string of the molecule is CCc1ccc2oc(C(=O)NC(C)CC)c(C)c2c1. The van der Waals surface area contributed by atoms with E-state index in [-0.39, 0.29) is 11.9 Å². The Hall–Kier alpha value is -1.77. The summed E-state index contributed by atoms with van der Waals surface area (Å²) in [6.07, 6.45) is 1.89. The molecule has 1 aromatic heterocycles. The highest BCUT2D eigenvalue weighted by Gasteiger charge is 2.18. The Balaban J connectivity index is 2.39. The van der Waals surface area contributed by atoms with Gasteiger partial charge in [0.15, 0.2) is 5.76 Å². The molecule has 0 aliphatic heterocycles. The number of hydrogen-bond donors (Lipinski definition) is 1. The fourth-order valence-electron chi connectivity index (χ4n) is 2.10. The Labute approximate surface area is 114 Å². The molecule has 0 radical (unpaired) electrons. The standard InChI is InChI=1S/C16H21NO2/c1-5-10(3)17-16(18)15-11(4)13-9-12(6-2)7-8-14(13)19-15/h7-10H,5-6H2,1-4H3,(H,17,18). The first-order valence-electron chi connectivity index (χ1n) is 6.89. The number of benzene rings is 1. The summed E-state index contributed by atoms with van der Waals surface area (Å²) in [5.74, 6) is 0.310. The molecule has 1 N–H and O–H groups in total. The second-order valence-electron chi connectivity index (χ2n) is 5.02. The maximum absolute atomic E-state index is 12.2. The molecular formula is C16H21NO2. The highest BCUT2D eigenvalue weighted by Crippen LogP contribution is 2.26. The Morgan fingerprint density at radius 3 is 2.74 bits per heavy atom. The summed E-state index contributed by atoms with van der Waals surface area (Å²) in [5.41, 5.74) is 2.96. The van der Waals surface area contributed by atoms with Crippen LogP contribution in [0.4, 0.5) is 0 Å². The topological polar surface area (TPSA) is 42.2 Å². The third kappa shape index (κ3) is 2.65. The normalized spacial score (nSPS) is 12.6. The van der Waals surface area contributed by atoms with Gasteiger partial charge in [0.1, 0.15) is 5.58 Å². The monoisotopic (exact) mass is 259 g/mol. The van der Waals surface area contributed by atoms with Gasteiger partial charge >= 0.3 is 0 Å². The molecule has 2 rings (SSSR count). The minimum absolute atomic E-state index is 0.124. The Morgan fingerprint density at radius 1 is 1.37 bits per heavy atom. The highest BCUT2D eigenvalue weighted by atomic mass is 16.3. The Morgan fingerprint density at radius 2 is 2.11 bits per heavy atom. The van der Waals surface area contributed by atoms with Crippen LogP contribution in [0.3, 0.4) is 0 Å². The van der Waals surface area contributed by atoms with Crippen molar-refractivity contribution in [2.45, 2.75) is 46.6 Å². The van der Waals surface area contributed by atoms with Crippen molar-refractivity contribution in [1.82, 2.24) is 5.32 Å². The molecule has 3 nitrogen and oxygen atoms in total. The van der Waals surface area contributed by atoms with Gasteiger partial charge in [0, 0.05) is 17.0 Å². The van der Waals surface area contributed by atoms with Gasteiger partial charge in [-0.2, -0.15) is 0 Å². The second-order valence-corrected chi connectivity index (χ2v) is 5.02. The maximum atomic E-state index is 12.2. The third-order valence-corrected chi connectivity index (χ3v) is 3.60. The molecule has 1 unspecified atom stereocenters. The number of carbonyl (C=O) groups is 1. The van der Waals surface area contributed by atoms with Crippen molar-refractivity contribution in [1.29, 1.82) is 0 Å². The number of amides is 1. The number of nitrogens with one attached hydrogen (secondary N) is 1. The molecule has 19 heavy (non-hydrogen) atoms. The van der Waals surface area contributed by atoms with Crippen molar-refractivity contribution in [3.05, 3.63) is 35.1 Å². The molecule has 3 heteroatoms. The van der Waals surface area contributed by atoms with Gasteiger partial charge in [-0.25, -0.2) is 0 Å². The van der Waals surface area contributed by atoms with Crippen LogP contribution in [0.2, 0.25) is 0 Å². The van der Waals surface area contributed by atoms with Crippen molar-refractivity contribution in [3.63, 3.8) is 0 Å². The summed E-state index contributed by atoms with van der Waals surface area (Å²) in [6, 6.07) is 6.25. The second kappa shape index (κ2) is 5.47. The molecule has 2 aromatic rings. The first-order valence-corrected chi connectivity index (χ1v) is 6.89. The zero-order valence-electron chi connectivity index (χ0n) is 12.0. The molecular weight excluding hydrogens is 238 g/mol. The van der Waals surface area contributed by atoms with E-state index in [1.807, 2.05) is 32.9 Å². The summed E-state index contributed by atoms with van der Waals surface area (Å²) in [6.45, 7) is 8.10. The highest BCUT2D eigenvalue weighted by molar-refractivity contribution is 5.99. The fourth-order valence-corrected chi connectivity index (χ4v) is 2.10. The third-order valence-electron chi connectivity index (χ3n) is 3.60. The van der Waals surface area contributed by atoms with Crippen LogP contribution in [0.25, 0.3) is 11.0 Å². The smallest absolute Gasteiger partial charge is 0.287 e. The molecule has 1 aromatic carbocycles. The van der Waals surface area contributed by atoms with Crippen LogP contribution in [0.15, 0.2) is 22.6 Å². The number of fused-ring (bicyclic) bond motifs is 1. The molecule has 0 aliphatic carbocycles. The average Bonchev–Trinajstić information content (AvgIpc) is 2.75. The van der Waals surface area contributed by atoms with Crippen molar-refractivity contribution in [2.24, 2.45) is 0 Å². The van der Waals surface area contributed by atoms with E-state index < -0.39 is 0 Å². The molecule has 0 aliphatic rings. The van der Waals surface area contributed by atoms with Gasteiger partial charge in [-0.1, -0.05) is 19.9 Å². The molecule has 1 amide bonds. The number of carbonyl (C=O) groups excluding carboxylic acids is 1. The van der Waals surface area contributed by atoms with Gasteiger partial charge in [0.2, 0.25) is 0 Å². The molecule has 0 fully saturated rings. The van der Waals surface area contributed by atoms with E-state index in [1.165, 1.54) is 5.56 Å². The van der Waals surface area contributed by atoms with E-state index in [0.29, 0.717) is 5.76 Å². The van der Waals surface area contributed by atoms with Gasteiger partial charge in [-0.05, 0) is 44.4 Å². The summed E-state index contributed by atoms with van der Waals surface area (Å²) < 4.78 is 5.69. The minimum atomic E-state index is -0.124. The van der Waals surface area contributed by atoms with E-state index in [0.717, 1.165) is 29.4 Å². The molecule has 1 atom stereocenters. The van der Waals surface area contributed by atoms with Gasteiger partial charge in [-0.15, -0.1) is 0 Å². The lowest BCUT2D eigenvalue weighted by atomic mass is 10.1. The quantitative estimate of drug-likeness (QED) is 0.906. The lowest BCUT2D eigenvalue weighted by Crippen LogP contribution is -2.32.